The maximum Gasteiger partial charge on any atom is 0.255 e. The molecule has 3 N–H and O–H groups in total. The number of carbonyl (C=O) groups is 1. The van der Waals surface area contributed by atoms with Gasteiger partial charge in [0.25, 0.3) is 11.5 Å². The average Bonchev–Trinajstić information content (AvgIpc) is 2.96. The highest BCUT2D eigenvalue weighted by Gasteiger charge is 2.14. The number of nitrogens with zero attached hydrogens (tertiary/aromatic N) is 2. The first kappa shape index (κ1) is 17.5. The minimum absolute atomic E-state index is 0.135. The predicted molar refractivity (Wildman–Crippen MR) is 99.1 cm³/mol. The van der Waals surface area contributed by atoms with Crippen LogP contribution in [0.1, 0.15) is 10.4 Å². The first-order valence-electron chi connectivity index (χ1n) is 7.53. The zero-order valence-electron chi connectivity index (χ0n) is 13.8. The molecule has 0 atom stereocenters. The summed E-state index contributed by atoms with van der Waals surface area (Å²) in [5.74, 6) is -0.449. The van der Waals surface area contributed by atoms with Gasteiger partial charge < -0.3 is 11.1 Å². The lowest BCUT2D eigenvalue weighted by molar-refractivity contribution is 0.102. The molecule has 1 amide bonds. The number of benzene rings is 1. The van der Waals surface area contributed by atoms with Gasteiger partial charge in [-0.3, -0.25) is 14.2 Å². The Morgan fingerprint density at radius 1 is 1.08 bits per heavy atom. The Hall–Kier alpha value is -3.33. The molecule has 8 nitrogen and oxygen atoms in total. The number of carbonyl (C=O) groups excluding carboxylic acids is 1. The van der Waals surface area contributed by atoms with E-state index in [1.54, 1.807) is 42.6 Å². The summed E-state index contributed by atoms with van der Waals surface area (Å²) in [5.41, 5.74) is 6.85. The molecular formula is C17H16N4O4S. The molecule has 0 bridgehead atoms. The quantitative estimate of drug-likeness (QED) is 0.716. The third kappa shape index (κ3) is 3.52. The van der Waals surface area contributed by atoms with Gasteiger partial charge in [-0.05, 0) is 30.3 Å². The molecule has 134 valence electrons. The minimum Gasteiger partial charge on any atom is -0.396 e. The highest BCUT2D eigenvalue weighted by atomic mass is 32.2. The van der Waals surface area contributed by atoms with Crippen molar-refractivity contribution in [1.29, 1.82) is 0 Å². The Labute approximate surface area is 149 Å². The lowest BCUT2D eigenvalue weighted by Gasteiger charge is -2.07. The van der Waals surface area contributed by atoms with Crippen LogP contribution in [0.4, 0.5) is 11.4 Å². The smallest absolute Gasteiger partial charge is 0.255 e. The van der Waals surface area contributed by atoms with Crippen molar-refractivity contribution in [3.05, 3.63) is 77.0 Å². The van der Waals surface area contributed by atoms with Gasteiger partial charge in [-0.15, -0.1) is 0 Å². The summed E-state index contributed by atoms with van der Waals surface area (Å²) >= 11 is 0. The summed E-state index contributed by atoms with van der Waals surface area (Å²) in [6, 6.07) is 11.2. The van der Waals surface area contributed by atoms with E-state index in [1.807, 2.05) is 0 Å². The fourth-order valence-corrected chi connectivity index (χ4v) is 2.95. The van der Waals surface area contributed by atoms with E-state index in [0.29, 0.717) is 11.3 Å². The van der Waals surface area contributed by atoms with Gasteiger partial charge >= 0.3 is 0 Å². The molecule has 3 rings (SSSR count). The number of amides is 1. The zero-order chi connectivity index (χ0) is 18.9. The van der Waals surface area contributed by atoms with E-state index in [2.05, 4.69) is 5.32 Å². The van der Waals surface area contributed by atoms with Crippen LogP contribution in [-0.4, -0.2) is 29.1 Å². The van der Waals surface area contributed by atoms with E-state index in [4.69, 9.17) is 5.73 Å². The summed E-state index contributed by atoms with van der Waals surface area (Å²) in [6.45, 7) is 0. The van der Waals surface area contributed by atoms with Crippen molar-refractivity contribution >= 4 is 27.3 Å². The Morgan fingerprint density at radius 2 is 1.77 bits per heavy atom. The molecule has 3 aromatic rings. The van der Waals surface area contributed by atoms with Crippen LogP contribution >= 0.6 is 0 Å². The van der Waals surface area contributed by atoms with Crippen molar-refractivity contribution in [3.63, 3.8) is 0 Å². The predicted octanol–water partition coefficient (Wildman–Crippen LogP) is 1.28. The monoisotopic (exact) mass is 372 g/mol. The highest BCUT2D eigenvalue weighted by Crippen LogP contribution is 2.21. The average molecular weight is 372 g/mol. The van der Waals surface area contributed by atoms with Gasteiger partial charge in [0.2, 0.25) is 10.0 Å². The molecular weight excluding hydrogens is 356 g/mol. The highest BCUT2D eigenvalue weighted by molar-refractivity contribution is 7.89. The second-order valence-corrected chi connectivity index (χ2v) is 7.52. The second kappa shape index (κ2) is 6.52. The number of hydrogen-bond acceptors (Lipinski definition) is 5. The fourth-order valence-electron chi connectivity index (χ4n) is 2.35. The molecule has 2 heterocycles. The van der Waals surface area contributed by atoms with Crippen LogP contribution in [0.5, 0.6) is 0 Å². The van der Waals surface area contributed by atoms with E-state index in [1.165, 1.54) is 23.0 Å². The van der Waals surface area contributed by atoms with Gasteiger partial charge in [-0.2, -0.15) is 0 Å². The molecule has 0 aliphatic heterocycles. The first-order valence-corrected chi connectivity index (χ1v) is 9.38. The molecule has 0 fully saturated rings. The fraction of sp³-hybridized carbons (Fsp3) is 0.0588. The Morgan fingerprint density at radius 3 is 2.35 bits per heavy atom. The first-order chi connectivity index (χ1) is 12.3. The van der Waals surface area contributed by atoms with Gasteiger partial charge in [0, 0.05) is 35.9 Å². The number of hydrogen-bond donors (Lipinski definition) is 2. The van der Waals surface area contributed by atoms with E-state index in [9.17, 15) is 18.0 Å². The molecule has 2 aromatic heterocycles. The van der Waals surface area contributed by atoms with Crippen molar-refractivity contribution in [1.82, 2.24) is 8.54 Å². The maximum atomic E-state index is 12.3. The SMILES string of the molecule is CS(=O)(=O)n1cc(N)c(NC(=O)c2ccc(-n3ccccc3=O)cc2)c1. The Kier molecular flexibility index (Phi) is 4.39. The molecule has 0 saturated carbocycles. The topological polar surface area (TPSA) is 116 Å². The molecule has 0 aliphatic rings. The normalized spacial score (nSPS) is 11.3. The number of pyridine rings is 1. The Bertz CT molecular complexity index is 1130. The van der Waals surface area contributed by atoms with Gasteiger partial charge in [0.05, 0.1) is 17.6 Å². The van der Waals surface area contributed by atoms with Crippen LogP contribution in [0.25, 0.3) is 5.69 Å². The summed E-state index contributed by atoms with van der Waals surface area (Å²) in [4.78, 5) is 24.2. The van der Waals surface area contributed by atoms with Gasteiger partial charge in [-0.25, -0.2) is 12.4 Å². The molecule has 0 unspecified atom stereocenters. The lowest BCUT2D eigenvalue weighted by atomic mass is 10.2. The third-order valence-corrected chi connectivity index (χ3v) is 4.67. The molecule has 1 aromatic carbocycles. The van der Waals surface area contributed by atoms with Crippen molar-refractivity contribution in [2.45, 2.75) is 0 Å². The van der Waals surface area contributed by atoms with Crippen LogP contribution < -0.4 is 16.6 Å². The van der Waals surface area contributed by atoms with E-state index < -0.39 is 15.9 Å². The van der Waals surface area contributed by atoms with Crippen molar-refractivity contribution in [2.75, 3.05) is 17.3 Å². The molecule has 26 heavy (non-hydrogen) atoms. The van der Waals surface area contributed by atoms with E-state index in [0.717, 1.165) is 10.2 Å². The number of anilines is 2. The number of nitrogens with one attached hydrogen (secondary N) is 1. The van der Waals surface area contributed by atoms with Crippen LogP contribution in [0.15, 0.2) is 65.8 Å². The zero-order valence-corrected chi connectivity index (χ0v) is 14.6. The number of aromatic nitrogens is 2. The van der Waals surface area contributed by atoms with Crippen molar-refractivity contribution in [3.8, 4) is 5.69 Å². The summed E-state index contributed by atoms with van der Waals surface area (Å²) in [5, 5.41) is 2.57. The molecule has 9 heteroatoms. The number of rotatable bonds is 4. The summed E-state index contributed by atoms with van der Waals surface area (Å²) in [7, 11) is -3.49. The van der Waals surface area contributed by atoms with Crippen LogP contribution in [0.2, 0.25) is 0 Å². The van der Waals surface area contributed by atoms with Gasteiger partial charge in [0.1, 0.15) is 0 Å². The second-order valence-electron chi connectivity index (χ2n) is 5.63. The van der Waals surface area contributed by atoms with Crippen molar-refractivity contribution < 1.29 is 13.2 Å². The lowest BCUT2D eigenvalue weighted by Crippen LogP contribution is -2.16. The molecule has 0 spiro atoms. The van der Waals surface area contributed by atoms with Crippen LogP contribution in [0, 0.1) is 0 Å². The summed E-state index contributed by atoms with van der Waals surface area (Å²) in [6.07, 6.45) is 5.12. The van der Waals surface area contributed by atoms with E-state index >= 15 is 0 Å². The van der Waals surface area contributed by atoms with Gasteiger partial charge in [-0.1, -0.05) is 6.07 Å². The van der Waals surface area contributed by atoms with Crippen LogP contribution in [0.3, 0.4) is 0 Å². The third-order valence-electron chi connectivity index (χ3n) is 3.69. The summed E-state index contributed by atoms with van der Waals surface area (Å²) < 4.78 is 25.4. The van der Waals surface area contributed by atoms with Crippen LogP contribution in [-0.2, 0) is 10.0 Å². The number of nitrogens with two attached hydrogens (primary N) is 1. The van der Waals surface area contributed by atoms with Crippen molar-refractivity contribution in [2.24, 2.45) is 0 Å². The van der Waals surface area contributed by atoms with E-state index in [-0.39, 0.29) is 16.9 Å². The number of nitrogen functional groups attached to an aromatic ring is 1. The Balaban J connectivity index is 1.82. The minimum atomic E-state index is -3.49. The maximum absolute atomic E-state index is 12.3. The van der Waals surface area contributed by atoms with Gasteiger partial charge in [0.15, 0.2) is 0 Å². The molecule has 0 radical (unpaired) electrons. The largest absolute Gasteiger partial charge is 0.396 e. The standard InChI is InChI=1S/C17H16N4O4S/c1-26(24,25)20-10-14(18)15(11-20)19-17(23)12-5-7-13(8-6-12)21-9-3-2-4-16(21)22/h2-11H,18H2,1H3,(H,19,23). The molecule has 0 saturated heterocycles. The molecule has 0 aliphatic carbocycles.